The number of amides is 2. The summed E-state index contributed by atoms with van der Waals surface area (Å²) < 4.78 is 17.2. The standard InChI is InChI=1S/C28H32N4O5/c1-28(2,3)37-27(34)32-15-14-19(18-32)31-20-16-24(25(33)29-4)26(30-17-20)36-23-12-10-22(11-13-23)35-21-8-6-5-7-9-21/h5-13,16-17,19,31H,14-15,18H2,1-4H3,(H,29,33). The van der Waals surface area contributed by atoms with Crippen molar-refractivity contribution in [1.29, 1.82) is 0 Å². The Balaban J connectivity index is 1.42. The number of pyridine rings is 1. The summed E-state index contributed by atoms with van der Waals surface area (Å²) in [6.07, 6.45) is 2.04. The normalized spacial score (nSPS) is 15.1. The molecule has 0 radical (unpaired) electrons. The quantitative estimate of drug-likeness (QED) is 0.441. The molecule has 9 heteroatoms. The van der Waals surface area contributed by atoms with E-state index in [4.69, 9.17) is 14.2 Å². The number of aromatic nitrogens is 1. The van der Waals surface area contributed by atoms with Crippen LogP contribution in [0.2, 0.25) is 0 Å². The molecule has 2 amide bonds. The third kappa shape index (κ3) is 7.13. The van der Waals surface area contributed by atoms with E-state index >= 15 is 0 Å². The highest BCUT2D eigenvalue weighted by atomic mass is 16.6. The first-order chi connectivity index (χ1) is 17.7. The molecule has 2 N–H and O–H groups in total. The van der Waals surface area contributed by atoms with Crippen molar-refractivity contribution in [1.82, 2.24) is 15.2 Å². The molecule has 9 nitrogen and oxygen atoms in total. The van der Waals surface area contributed by atoms with Gasteiger partial charge in [0.2, 0.25) is 5.88 Å². The molecule has 1 atom stereocenters. The number of hydrogen-bond acceptors (Lipinski definition) is 7. The Morgan fingerprint density at radius 1 is 0.973 bits per heavy atom. The predicted octanol–water partition coefficient (Wildman–Crippen LogP) is 5.45. The molecular formula is C28H32N4O5. The summed E-state index contributed by atoms with van der Waals surface area (Å²) in [5, 5.41) is 6.00. The molecule has 0 aliphatic carbocycles. The molecule has 37 heavy (non-hydrogen) atoms. The fourth-order valence-corrected chi connectivity index (χ4v) is 3.83. The molecule has 194 valence electrons. The third-order valence-electron chi connectivity index (χ3n) is 5.55. The third-order valence-corrected chi connectivity index (χ3v) is 5.55. The van der Waals surface area contributed by atoms with Gasteiger partial charge in [0.15, 0.2) is 0 Å². The SMILES string of the molecule is CNC(=O)c1cc(NC2CCN(C(=O)OC(C)(C)C)C2)cnc1Oc1ccc(Oc2ccccc2)cc1. The van der Waals surface area contributed by atoms with Crippen molar-refractivity contribution in [3.63, 3.8) is 0 Å². The van der Waals surface area contributed by atoms with E-state index in [0.717, 1.165) is 12.2 Å². The molecule has 1 aliphatic heterocycles. The number of rotatable bonds is 7. The maximum Gasteiger partial charge on any atom is 0.410 e. The van der Waals surface area contributed by atoms with Gasteiger partial charge in [0.1, 0.15) is 28.4 Å². The van der Waals surface area contributed by atoms with E-state index in [1.165, 1.54) is 0 Å². The van der Waals surface area contributed by atoms with Gasteiger partial charge in [-0.05, 0) is 69.7 Å². The number of para-hydroxylation sites is 1. The topological polar surface area (TPSA) is 102 Å². The Morgan fingerprint density at radius 3 is 2.27 bits per heavy atom. The van der Waals surface area contributed by atoms with Gasteiger partial charge in [0, 0.05) is 26.2 Å². The van der Waals surface area contributed by atoms with Crippen LogP contribution in [0.15, 0.2) is 66.9 Å². The summed E-state index contributed by atoms with van der Waals surface area (Å²) in [6.45, 7) is 6.63. The smallest absolute Gasteiger partial charge is 0.410 e. The van der Waals surface area contributed by atoms with Crippen molar-refractivity contribution in [2.45, 2.75) is 38.8 Å². The summed E-state index contributed by atoms with van der Waals surface area (Å²) in [5.41, 5.74) is 0.410. The highest BCUT2D eigenvalue weighted by Crippen LogP contribution is 2.29. The van der Waals surface area contributed by atoms with Gasteiger partial charge in [0.25, 0.3) is 5.91 Å². The Hall–Kier alpha value is -4.27. The van der Waals surface area contributed by atoms with Crippen LogP contribution in [-0.4, -0.2) is 53.7 Å². The second-order valence-corrected chi connectivity index (χ2v) is 9.70. The minimum atomic E-state index is -0.542. The van der Waals surface area contributed by atoms with Crippen LogP contribution in [0.25, 0.3) is 0 Å². The van der Waals surface area contributed by atoms with E-state index in [0.29, 0.717) is 35.8 Å². The van der Waals surface area contributed by atoms with E-state index in [1.807, 2.05) is 51.1 Å². The zero-order chi connectivity index (χ0) is 26.4. The number of carbonyl (C=O) groups excluding carboxylic acids is 2. The van der Waals surface area contributed by atoms with Crippen molar-refractivity contribution >= 4 is 17.7 Å². The monoisotopic (exact) mass is 504 g/mol. The number of ether oxygens (including phenoxy) is 3. The predicted molar refractivity (Wildman–Crippen MR) is 140 cm³/mol. The number of anilines is 1. The average molecular weight is 505 g/mol. The van der Waals surface area contributed by atoms with E-state index in [-0.39, 0.29) is 23.9 Å². The maximum absolute atomic E-state index is 12.6. The van der Waals surface area contributed by atoms with Crippen LogP contribution in [0, 0.1) is 0 Å². The van der Waals surface area contributed by atoms with Gasteiger partial charge in [0.05, 0.1) is 11.9 Å². The molecule has 1 saturated heterocycles. The van der Waals surface area contributed by atoms with Crippen LogP contribution in [0.3, 0.4) is 0 Å². The lowest BCUT2D eigenvalue weighted by atomic mass is 10.2. The van der Waals surface area contributed by atoms with Gasteiger partial charge in [-0.15, -0.1) is 0 Å². The lowest BCUT2D eigenvalue weighted by Gasteiger charge is -2.24. The van der Waals surface area contributed by atoms with Crippen LogP contribution in [0.4, 0.5) is 10.5 Å². The molecule has 2 heterocycles. The molecule has 1 unspecified atom stereocenters. The van der Waals surface area contributed by atoms with E-state index in [1.54, 1.807) is 48.5 Å². The molecule has 1 fully saturated rings. The number of nitrogens with one attached hydrogen (secondary N) is 2. The molecule has 4 rings (SSSR count). The molecule has 3 aromatic rings. The number of likely N-dealkylation sites (tertiary alicyclic amines) is 1. The van der Waals surface area contributed by atoms with Crippen LogP contribution >= 0.6 is 0 Å². The first-order valence-corrected chi connectivity index (χ1v) is 12.2. The molecule has 0 bridgehead atoms. The lowest BCUT2D eigenvalue weighted by molar-refractivity contribution is 0.0293. The van der Waals surface area contributed by atoms with Gasteiger partial charge in [-0.3, -0.25) is 4.79 Å². The minimum Gasteiger partial charge on any atom is -0.457 e. The molecule has 0 spiro atoms. The fraction of sp³-hybridized carbons (Fsp3) is 0.321. The second-order valence-electron chi connectivity index (χ2n) is 9.70. The highest BCUT2D eigenvalue weighted by Gasteiger charge is 2.30. The second kappa shape index (κ2) is 11.2. The number of nitrogens with zero attached hydrogens (tertiary/aromatic N) is 2. The van der Waals surface area contributed by atoms with Gasteiger partial charge < -0.3 is 29.7 Å². The van der Waals surface area contributed by atoms with Crippen molar-refractivity contribution in [2.75, 3.05) is 25.5 Å². The van der Waals surface area contributed by atoms with Crippen molar-refractivity contribution in [2.24, 2.45) is 0 Å². The zero-order valence-corrected chi connectivity index (χ0v) is 21.5. The largest absolute Gasteiger partial charge is 0.457 e. The Bertz CT molecular complexity index is 1230. The van der Waals surface area contributed by atoms with E-state index < -0.39 is 5.60 Å². The van der Waals surface area contributed by atoms with Gasteiger partial charge in [-0.1, -0.05) is 18.2 Å². The van der Waals surface area contributed by atoms with Crippen molar-refractivity contribution in [3.8, 4) is 23.1 Å². The van der Waals surface area contributed by atoms with Gasteiger partial charge in [-0.2, -0.15) is 0 Å². The average Bonchev–Trinajstić information content (AvgIpc) is 3.34. The first kappa shape index (κ1) is 25.8. The lowest BCUT2D eigenvalue weighted by Crippen LogP contribution is -2.36. The summed E-state index contributed by atoms with van der Waals surface area (Å²) >= 11 is 0. The summed E-state index contributed by atoms with van der Waals surface area (Å²) in [5.74, 6) is 1.77. The highest BCUT2D eigenvalue weighted by molar-refractivity contribution is 5.97. The maximum atomic E-state index is 12.6. The number of benzene rings is 2. The molecule has 1 aliphatic rings. The molecule has 2 aromatic carbocycles. The minimum absolute atomic E-state index is 0.00998. The van der Waals surface area contributed by atoms with Gasteiger partial charge >= 0.3 is 6.09 Å². The number of carbonyl (C=O) groups is 2. The van der Waals surface area contributed by atoms with Crippen LogP contribution < -0.4 is 20.1 Å². The van der Waals surface area contributed by atoms with Crippen molar-refractivity contribution < 1.29 is 23.8 Å². The Kier molecular flexibility index (Phi) is 7.81. The molecule has 0 saturated carbocycles. The van der Waals surface area contributed by atoms with Crippen LogP contribution in [-0.2, 0) is 4.74 Å². The molecular weight excluding hydrogens is 472 g/mol. The number of hydrogen-bond donors (Lipinski definition) is 2. The summed E-state index contributed by atoms with van der Waals surface area (Å²) in [4.78, 5) is 31.0. The Morgan fingerprint density at radius 2 is 1.62 bits per heavy atom. The van der Waals surface area contributed by atoms with E-state index in [9.17, 15) is 9.59 Å². The van der Waals surface area contributed by atoms with Gasteiger partial charge in [-0.25, -0.2) is 9.78 Å². The fourth-order valence-electron chi connectivity index (χ4n) is 3.83. The van der Waals surface area contributed by atoms with Crippen LogP contribution in [0.5, 0.6) is 23.1 Å². The van der Waals surface area contributed by atoms with E-state index in [2.05, 4.69) is 15.6 Å². The Labute approximate surface area is 216 Å². The van der Waals surface area contributed by atoms with Crippen molar-refractivity contribution in [3.05, 3.63) is 72.4 Å². The van der Waals surface area contributed by atoms with Crippen LogP contribution in [0.1, 0.15) is 37.6 Å². The zero-order valence-electron chi connectivity index (χ0n) is 21.5. The summed E-state index contributed by atoms with van der Waals surface area (Å²) in [6, 6.07) is 18.3. The molecule has 1 aromatic heterocycles. The first-order valence-electron chi connectivity index (χ1n) is 12.2. The summed E-state index contributed by atoms with van der Waals surface area (Å²) in [7, 11) is 1.55.